The van der Waals surface area contributed by atoms with Crippen molar-refractivity contribution in [3.05, 3.63) is 53.3 Å². The van der Waals surface area contributed by atoms with Crippen LogP contribution in [0.5, 0.6) is 0 Å². The minimum atomic E-state index is -0.127. The molecule has 0 saturated heterocycles. The number of carbonyl (C=O) groups excluding carboxylic acids is 1. The van der Waals surface area contributed by atoms with Crippen LogP contribution in [0.1, 0.15) is 66.7 Å². The fourth-order valence-electron chi connectivity index (χ4n) is 3.59. The highest BCUT2D eigenvalue weighted by Gasteiger charge is 2.15. The Balaban J connectivity index is 1.52. The maximum Gasteiger partial charge on any atom is 0.270 e. The zero-order valence-electron chi connectivity index (χ0n) is 16.2. The number of nitrogens with one attached hydrogen (secondary N) is 2. The van der Waals surface area contributed by atoms with Crippen LogP contribution in [0.3, 0.4) is 0 Å². The maximum absolute atomic E-state index is 12.5. The van der Waals surface area contributed by atoms with Gasteiger partial charge in [0.1, 0.15) is 5.69 Å². The first-order chi connectivity index (χ1) is 13.2. The molecule has 1 aromatic heterocycles. The van der Waals surface area contributed by atoms with E-state index in [1.165, 1.54) is 31.2 Å². The van der Waals surface area contributed by atoms with Crippen LogP contribution < -0.4 is 10.6 Å². The molecule has 5 heteroatoms. The summed E-state index contributed by atoms with van der Waals surface area (Å²) in [4.78, 5) is 21.4. The molecule has 5 nitrogen and oxygen atoms in total. The van der Waals surface area contributed by atoms with Gasteiger partial charge in [0.25, 0.3) is 5.91 Å². The van der Waals surface area contributed by atoms with E-state index in [1.807, 2.05) is 25.1 Å². The van der Waals surface area contributed by atoms with Gasteiger partial charge in [-0.15, -0.1) is 0 Å². The number of hydrogen-bond acceptors (Lipinski definition) is 4. The average Bonchev–Trinajstić information content (AvgIpc) is 2.94. The molecule has 2 N–H and O–H groups in total. The Hall–Kier alpha value is -2.43. The number of aromatic nitrogens is 2. The number of carbonyl (C=O) groups is 1. The van der Waals surface area contributed by atoms with Crippen molar-refractivity contribution < 1.29 is 4.79 Å². The van der Waals surface area contributed by atoms with Crippen LogP contribution in [-0.4, -0.2) is 28.5 Å². The van der Waals surface area contributed by atoms with Gasteiger partial charge in [-0.25, -0.2) is 9.97 Å². The van der Waals surface area contributed by atoms with E-state index in [1.54, 1.807) is 6.07 Å². The van der Waals surface area contributed by atoms with Gasteiger partial charge in [-0.2, -0.15) is 0 Å². The molecule has 0 atom stereocenters. The molecule has 0 spiro atoms. The van der Waals surface area contributed by atoms with E-state index in [4.69, 9.17) is 0 Å². The van der Waals surface area contributed by atoms with Gasteiger partial charge in [-0.1, -0.05) is 56.0 Å². The topological polar surface area (TPSA) is 66.9 Å². The maximum atomic E-state index is 12.5. The lowest BCUT2D eigenvalue weighted by Gasteiger charge is -2.17. The molecule has 1 heterocycles. The van der Waals surface area contributed by atoms with Gasteiger partial charge < -0.3 is 10.6 Å². The molecule has 0 radical (unpaired) electrons. The van der Waals surface area contributed by atoms with Crippen molar-refractivity contribution in [2.24, 2.45) is 0 Å². The summed E-state index contributed by atoms with van der Waals surface area (Å²) in [6.45, 7) is 2.55. The van der Waals surface area contributed by atoms with Crippen LogP contribution >= 0.6 is 0 Å². The zero-order valence-corrected chi connectivity index (χ0v) is 16.2. The first-order valence-electron chi connectivity index (χ1n) is 10.1. The van der Waals surface area contributed by atoms with Crippen LogP contribution in [0, 0.1) is 6.92 Å². The number of benzene rings is 1. The highest BCUT2D eigenvalue weighted by Crippen LogP contribution is 2.20. The van der Waals surface area contributed by atoms with Gasteiger partial charge >= 0.3 is 0 Å². The molecule has 0 bridgehead atoms. The normalized spacial score (nSPS) is 15.1. The van der Waals surface area contributed by atoms with E-state index in [0.29, 0.717) is 24.2 Å². The number of anilines is 1. The minimum absolute atomic E-state index is 0.127. The van der Waals surface area contributed by atoms with E-state index in [0.717, 1.165) is 31.4 Å². The second-order valence-corrected chi connectivity index (χ2v) is 7.40. The van der Waals surface area contributed by atoms with Crippen molar-refractivity contribution in [1.29, 1.82) is 0 Å². The number of aryl methyl sites for hydroxylation is 2. The first-order valence-corrected chi connectivity index (χ1v) is 10.1. The smallest absolute Gasteiger partial charge is 0.270 e. The van der Waals surface area contributed by atoms with Gasteiger partial charge in [-0.05, 0) is 44.2 Å². The van der Waals surface area contributed by atoms with Gasteiger partial charge in [0, 0.05) is 18.3 Å². The highest BCUT2D eigenvalue weighted by atomic mass is 16.1. The largest absolute Gasteiger partial charge is 0.351 e. The van der Waals surface area contributed by atoms with Crippen LogP contribution in [0.2, 0.25) is 0 Å². The summed E-state index contributed by atoms with van der Waals surface area (Å²) >= 11 is 0. The molecule has 1 saturated carbocycles. The van der Waals surface area contributed by atoms with Crippen LogP contribution in [0.4, 0.5) is 5.95 Å². The molecule has 1 aliphatic carbocycles. The predicted molar refractivity (Wildman–Crippen MR) is 109 cm³/mol. The highest BCUT2D eigenvalue weighted by molar-refractivity contribution is 5.92. The third-order valence-corrected chi connectivity index (χ3v) is 5.05. The van der Waals surface area contributed by atoms with Crippen molar-refractivity contribution in [1.82, 2.24) is 15.3 Å². The van der Waals surface area contributed by atoms with E-state index < -0.39 is 0 Å². The molecule has 3 rings (SSSR count). The van der Waals surface area contributed by atoms with Crippen molar-refractivity contribution >= 4 is 11.9 Å². The Labute approximate surface area is 162 Å². The quantitative estimate of drug-likeness (QED) is 0.567. The molecule has 2 aromatic rings. The fraction of sp³-hybridized carbons (Fsp3) is 0.500. The Morgan fingerprint density at radius 1 is 1.07 bits per heavy atom. The SMILES string of the molecule is Cc1cc(C(=O)NCCCc2ccccc2)nc(NC2CCCCCC2)n1. The molecule has 27 heavy (non-hydrogen) atoms. The Bertz CT molecular complexity index is 724. The van der Waals surface area contributed by atoms with Gasteiger partial charge in [0.2, 0.25) is 5.95 Å². The number of amides is 1. The molecule has 1 aliphatic rings. The van der Waals surface area contributed by atoms with Gasteiger partial charge in [0.15, 0.2) is 0 Å². The lowest BCUT2D eigenvalue weighted by Crippen LogP contribution is -2.27. The van der Waals surface area contributed by atoms with Crippen molar-refractivity contribution in [2.45, 2.75) is 64.3 Å². The van der Waals surface area contributed by atoms with Gasteiger partial charge in [0.05, 0.1) is 0 Å². The first kappa shape index (κ1) is 19.3. The monoisotopic (exact) mass is 366 g/mol. The van der Waals surface area contributed by atoms with Crippen molar-refractivity contribution in [3.8, 4) is 0 Å². The molecule has 1 aromatic carbocycles. The Kier molecular flexibility index (Phi) is 7.19. The molecular weight excluding hydrogens is 336 g/mol. The minimum Gasteiger partial charge on any atom is -0.351 e. The second-order valence-electron chi connectivity index (χ2n) is 7.40. The lowest BCUT2D eigenvalue weighted by atomic mass is 10.1. The number of nitrogens with zero attached hydrogens (tertiary/aromatic N) is 2. The van der Waals surface area contributed by atoms with Gasteiger partial charge in [-0.3, -0.25) is 4.79 Å². The summed E-state index contributed by atoms with van der Waals surface area (Å²) < 4.78 is 0. The standard InChI is InChI=1S/C22H30N4O/c1-17-16-20(21(27)23-15-9-12-18-10-5-4-6-11-18)26-22(24-17)25-19-13-7-2-3-8-14-19/h4-6,10-11,16,19H,2-3,7-9,12-15H2,1H3,(H,23,27)(H,24,25,26). The number of rotatable bonds is 7. The summed E-state index contributed by atoms with van der Waals surface area (Å²) in [5.74, 6) is 0.453. The van der Waals surface area contributed by atoms with E-state index in [-0.39, 0.29) is 5.91 Å². The average molecular weight is 367 g/mol. The molecule has 0 aliphatic heterocycles. The third-order valence-electron chi connectivity index (χ3n) is 5.05. The van der Waals surface area contributed by atoms with Crippen LogP contribution in [-0.2, 0) is 6.42 Å². The number of hydrogen-bond donors (Lipinski definition) is 2. The summed E-state index contributed by atoms with van der Waals surface area (Å²) in [6.07, 6.45) is 9.28. The Morgan fingerprint density at radius 2 is 1.81 bits per heavy atom. The van der Waals surface area contributed by atoms with Crippen molar-refractivity contribution in [3.63, 3.8) is 0 Å². The molecule has 0 unspecified atom stereocenters. The van der Waals surface area contributed by atoms with Crippen LogP contribution in [0.25, 0.3) is 0 Å². The molecule has 1 fully saturated rings. The lowest BCUT2D eigenvalue weighted by molar-refractivity contribution is 0.0948. The van der Waals surface area contributed by atoms with E-state index in [9.17, 15) is 4.79 Å². The van der Waals surface area contributed by atoms with Crippen LogP contribution in [0.15, 0.2) is 36.4 Å². The zero-order chi connectivity index (χ0) is 18.9. The predicted octanol–water partition coefficient (Wildman–Crippen LogP) is 4.28. The van der Waals surface area contributed by atoms with E-state index >= 15 is 0 Å². The molecule has 144 valence electrons. The fourth-order valence-corrected chi connectivity index (χ4v) is 3.59. The summed E-state index contributed by atoms with van der Waals surface area (Å²) in [6, 6.07) is 12.5. The Morgan fingerprint density at radius 3 is 2.56 bits per heavy atom. The summed E-state index contributed by atoms with van der Waals surface area (Å²) in [5, 5.41) is 6.42. The second kappa shape index (κ2) is 10.0. The summed E-state index contributed by atoms with van der Waals surface area (Å²) in [5.41, 5.74) is 2.55. The molecular formula is C22H30N4O. The summed E-state index contributed by atoms with van der Waals surface area (Å²) in [7, 11) is 0. The third kappa shape index (κ3) is 6.35. The van der Waals surface area contributed by atoms with E-state index in [2.05, 4.69) is 32.7 Å². The van der Waals surface area contributed by atoms with Crippen molar-refractivity contribution in [2.75, 3.05) is 11.9 Å². The molecule has 1 amide bonds.